The van der Waals surface area contributed by atoms with Gasteiger partial charge < -0.3 is 19.7 Å². The molecule has 0 saturated carbocycles. The van der Waals surface area contributed by atoms with E-state index in [4.69, 9.17) is 9.47 Å². The lowest BCUT2D eigenvalue weighted by Crippen LogP contribution is -2.46. The molecule has 4 heteroatoms. The summed E-state index contributed by atoms with van der Waals surface area (Å²) in [6, 6.07) is 4.71. The van der Waals surface area contributed by atoms with E-state index in [1.165, 1.54) is 18.5 Å². The second-order valence-electron chi connectivity index (χ2n) is 6.00. The van der Waals surface area contributed by atoms with Crippen molar-refractivity contribution in [1.82, 2.24) is 0 Å². The van der Waals surface area contributed by atoms with E-state index in [-0.39, 0.29) is 0 Å². The third-order valence-corrected chi connectivity index (χ3v) is 4.86. The van der Waals surface area contributed by atoms with Crippen molar-refractivity contribution in [1.29, 1.82) is 0 Å². The number of fused-ring (bicyclic) bond motifs is 1. The summed E-state index contributed by atoms with van der Waals surface area (Å²) in [5.41, 5.74) is 2.39. The van der Waals surface area contributed by atoms with Crippen LogP contribution in [0.5, 0.6) is 11.5 Å². The van der Waals surface area contributed by atoms with Gasteiger partial charge in [-0.3, -0.25) is 0 Å². The maximum absolute atomic E-state index is 5.50. The molecule has 1 unspecified atom stereocenters. The van der Waals surface area contributed by atoms with Crippen molar-refractivity contribution in [3.8, 4) is 11.5 Å². The van der Waals surface area contributed by atoms with Crippen LogP contribution in [0.4, 0.5) is 11.4 Å². The van der Waals surface area contributed by atoms with Gasteiger partial charge in [0.1, 0.15) is 0 Å². The van der Waals surface area contributed by atoms with Crippen LogP contribution in [0, 0.1) is 5.92 Å². The minimum atomic E-state index is 0.534. The highest BCUT2D eigenvalue weighted by Crippen LogP contribution is 2.41. The van der Waals surface area contributed by atoms with Crippen molar-refractivity contribution in [2.75, 3.05) is 37.5 Å². The fourth-order valence-electron chi connectivity index (χ4n) is 3.22. The van der Waals surface area contributed by atoms with Crippen LogP contribution in [0.15, 0.2) is 12.1 Å². The quantitative estimate of drug-likeness (QED) is 0.820. The summed E-state index contributed by atoms with van der Waals surface area (Å²) in [5, 5.41) is 3.55. The van der Waals surface area contributed by atoms with E-state index in [0.29, 0.717) is 6.04 Å². The van der Waals surface area contributed by atoms with E-state index in [1.54, 1.807) is 14.2 Å². The fraction of sp³-hybridized carbons (Fsp3) is 0.667. The molecule has 1 aromatic carbocycles. The Bertz CT molecular complexity index is 486. The first-order valence-corrected chi connectivity index (χ1v) is 8.44. The molecule has 0 radical (unpaired) electrons. The minimum Gasteiger partial charge on any atom is -0.493 e. The van der Waals surface area contributed by atoms with E-state index < -0.39 is 0 Å². The summed E-state index contributed by atoms with van der Waals surface area (Å²) >= 11 is 0. The zero-order valence-electron chi connectivity index (χ0n) is 14.6. The van der Waals surface area contributed by atoms with Gasteiger partial charge in [0.2, 0.25) is 0 Å². The summed E-state index contributed by atoms with van der Waals surface area (Å²) in [5.74, 6) is 2.31. The molecule has 1 atom stereocenters. The zero-order valence-corrected chi connectivity index (χ0v) is 14.6. The minimum absolute atomic E-state index is 0.534. The van der Waals surface area contributed by atoms with Crippen LogP contribution >= 0.6 is 0 Å². The molecule has 0 saturated heterocycles. The molecule has 2 rings (SSSR count). The Labute approximate surface area is 134 Å². The Balaban J connectivity index is 2.39. The average Bonchev–Trinajstić information content (AvgIpc) is 2.57. The number of ether oxygens (including phenoxy) is 2. The zero-order chi connectivity index (χ0) is 16.1. The molecule has 0 bridgehead atoms. The third kappa shape index (κ3) is 3.26. The van der Waals surface area contributed by atoms with Gasteiger partial charge in [-0.2, -0.15) is 0 Å². The van der Waals surface area contributed by atoms with Gasteiger partial charge in [-0.15, -0.1) is 0 Å². The third-order valence-electron chi connectivity index (χ3n) is 4.86. The number of nitrogens with one attached hydrogen (secondary N) is 1. The highest BCUT2D eigenvalue weighted by atomic mass is 16.5. The maximum atomic E-state index is 5.50. The maximum Gasteiger partial charge on any atom is 0.162 e. The normalized spacial score (nSPS) is 17.2. The van der Waals surface area contributed by atoms with Gasteiger partial charge in [0.25, 0.3) is 0 Å². The van der Waals surface area contributed by atoms with E-state index >= 15 is 0 Å². The van der Waals surface area contributed by atoms with Crippen LogP contribution in [-0.4, -0.2) is 33.4 Å². The van der Waals surface area contributed by atoms with E-state index in [0.717, 1.165) is 42.6 Å². The molecule has 0 amide bonds. The van der Waals surface area contributed by atoms with Gasteiger partial charge in [0.05, 0.1) is 25.6 Å². The lowest BCUT2D eigenvalue weighted by molar-refractivity contribution is 0.354. The Morgan fingerprint density at radius 1 is 1.14 bits per heavy atom. The molecule has 1 heterocycles. The molecule has 0 spiro atoms. The largest absolute Gasteiger partial charge is 0.493 e. The van der Waals surface area contributed by atoms with E-state index in [9.17, 15) is 0 Å². The molecule has 1 N–H and O–H groups in total. The van der Waals surface area contributed by atoms with E-state index in [2.05, 4.69) is 43.1 Å². The molecule has 1 aromatic rings. The topological polar surface area (TPSA) is 33.7 Å². The summed E-state index contributed by atoms with van der Waals surface area (Å²) in [4.78, 5) is 2.56. The Hall–Kier alpha value is -1.58. The van der Waals surface area contributed by atoms with Gasteiger partial charge in [-0.1, -0.05) is 33.6 Å². The summed E-state index contributed by atoms with van der Waals surface area (Å²) in [6.45, 7) is 8.92. The molecule has 22 heavy (non-hydrogen) atoms. The first-order valence-electron chi connectivity index (χ1n) is 8.44. The molecule has 1 aliphatic rings. The van der Waals surface area contributed by atoms with Crippen molar-refractivity contribution < 1.29 is 9.47 Å². The van der Waals surface area contributed by atoms with E-state index in [1.807, 2.05) is 0 Å². The predicted molar refractivity (Wildman–Crippen MR) is 93.5 cm³/mol. The summed E-state index contributed by atoms with van der Waals surface area (Å²) in [7, 11) is 3.38. The highest BCUT2D eigenvalue weighted by molar-refractivity contribution is 5.77. The van der Waals surface area contributed by atoms with Crippen molar-refractivity contribution in [2.45, 2.75) is 46.1 Å². The molecule has 0 aromatic heterocycles. The van der Waals surface area contributed by atoms with Crippen LogP contribution in [0.2, 0.25) is 0 Å². The number of hydrogen-bond acceptors (Lipinski definition) is 4. The molecule has 0 fully saturated rings. The average molecular weight is 306 g/mol. The van der Waals surface area contributed by atoms with Crippen molar-refractivity contribution in [2.24, 2.45) is 5.92 Å². The standard InChI is InChI=1S/C18H30N2O2/c1-6-13(7-2)12-20-14(8-3)11-19-15-9-17(21-4)18(22-5)10-16(15)20/h9-10,13-14,19H,6-8,11-12H2,1-5H3. The molecule has 124 valence electrons. The summed E-state index contributed by atoms with van der Waals surface area (Å²) in [6.07, 6.45) is 3.58. The number of benzene rings is 1. The summed E-state index contributed by atoms with van der Waals surface area (Å²) < 4.78 is 10.9. The predicted octanol–water partition coefficient (Wildman–Crippen LogP) is 4.15. The van der Waals surface area contributed by atoms with Gasteiger partial charge in [0, 0.05) is 31.3 Å². The molecular weight excluding hydrogens is 276 g/mol. The van der Waals surface area contributed by atoms with Crippen molar-refractivity contribution in [3.05, 3.63) is 12.1 Å². The molecular formula is C18H30N2O2. The highest BCUT2D eigenvalue weighted by Gasteiger charge is 2.28. The fourth-order valence-corrected chi connectivity index (χ4v) is 3.22. The second kappa shape index (κ2) is 7.61. The smallest absolute Gasteiger partial charge is 0.162 e. The van der Waals surface area contributed by atoms with Gasteiger partial charge in [-0.05, 0) is 12.3 Å². The van der Waals surface area contributed by atoms with Gasteiger partial charge >= 0.3 is 0 Å². The number of hydrogen-bond donors (Lipinski definition) is 1. The van der Waals surface area contributed by atoms with Crippen LogP contribution < -0.4 is 19.7 Å². The van der Waals surface area contributed by atoms with Crippen molar-refractivity contribution in [3.63, 3.8) is 0 Å². The SMILES string of the molecule is CCC(CC)CN1c2cc(OC)c(OC)cc2NCC1CC. The van der Waals surface area contributed by atoms with Crippen LogP contribution in [-0.2, 0) is 0 Å². The van der Waals surface area contributed by atoms with Crippen LogP contribution in [0.25, 0.3) is 0 Å². The first kappa shape index (κ1) is 16.8. The molecule has 0 aliphatic carbocycles. The van der Waals surface area contributed by atoms with Crippen molar-refractivity contribution >= 4 is 11.4 Å². The Morgan fingerprint density at radius 2 is 1.77 bits per heavy atom. The van der Waals surface area contributed by atoms with Crippen LogP contribution in [0.3, 0.4) is 0 Å². The number of nitrogens with zero attached hydrogens (tertiary/aromatic N) is 1. The number of methoxy groups -OCH3 is 2. The lowest BCUT2D eigenvalue weighted by Gasteiger charge is -2.41. The van der Waals surface area contributed by atoms with Crippen LogP contribution in [0.1, 0.15) is 40.0 Å². The lowest BCUT2D eigenvalue weighted by atomic mass is 9.98. The first-order chi connectivity index (χ1) is 10.7. The number of rotatable bonds is 7. The second-order valence-corrected chi connectivity index (χ2v) is 6.00. The Kier molecular flexibility index (Phi) is 5.81. The number of anilines is 2. The monoisotopic (exact) mass is 306 g/mol. The van der Waals surface area contributed by atoms with Gasteiger partial charge in [0.15, 0.2) is 11.5 Å². The molecule has 4 nitrogen and oxygen atoms in total. The van der Waals surface area contributed by atoms with Gasteiger partial charge in [-0.25, -0.2) is 0 Å². The Morgan fingerprint density at radius 3 is 2.32 bits per heavy atom. The molecule has 1 aliphatic heterocycles.